The van der Waals surface area contributed by atoms with E-state index in [-0.39, 0.29) is 28.6 Å². The quantitative estimate of drug-likeness (QED) is 0.748. The molecule has 15 heavy (non-hydrogen) atoms. The van der Waals surface area contributed by atoms with Gasteiger partial charge >= 0.3 is 5.97 Å². The Balaban J connectivity index is 3.27. The fraction of sp³-hybridized carbons (Fsp3) is 0.400. The number of ether oxygens (including phenoxy) is 2. The number of pyridine rings is 1. The molecule has 0 unspecified atom stereocenters. The van der Waals surface area contributed by atoms with Gasteiger partial charge in [-0.15, -0.1) is 0 Å². The minimum Gasteiger partial charge on any atom is -0.488 e. The Labute approximate surface area is 94.6 Å². The molecule has 1 aromatic rings. The largest absolute Gasteiger partial charge is 0.488 e. The summed E-state index contributed by atoms with van der Waals surface area (Å²) < 4.78 is 17.4. The van der Waals surface area contributed by atoms with Crippen LogP contribution < -0.4 is 4.74 Å². The van der Waals surface area contributed by atoms with Crippen LogP contribution in [-0.2, 0) is 4.74 Å². The molecular weight excluding hydrogens is 218 g/mol. The molecule has 0 amide bonds. The number of halogens is 1. The molecular formula is C10H12ClNO3. The molecule has 0 saturated heterocycles. The molecule has 0 aromatic carbocycles. The SMILES string of the molecule is [2H]c1ncc(C(=O)OC)c(OC(C)C)c1Cl. The van der Waals surface area contributed by atoms with Gasteiger partial charge < -0.3 is 9.47 Å². The van der Waals surface area contributed by atoms with Gasteiger partial charge in [0.25, 0.3) is 0 Å². The first kappa shape index (κ1) is 10.2. The first-order valence-corrected chi connectivity index (χ1v) is 4.75. The van der Waals surface area contributed by atoms with Gasteiger partial charge in [-0.3, -0.25) is 4.98 Å². The van der Waals surface area contributed by atoms with E-state index < -0.39 is 5.97 Å². The lowest BCUT2D eigenvalue weighted by molar-refractivity contribution is 0.0594. The molecule has 0 aliphatic carbocycles. The number of methoxy groups -OCH3 is 1. The molecule has 0 bridgehead atoms. The zero-order chi connectivity index (χ0) is 12.3. The molecule has 4 nitrogen and oxygen atoms in total. The summed E-state index contributed by atoms with van der Waals surface area (Å²) in [4.78, 5) is 15.1. The van der Waals surface area contributed by atoms with Gasteiger partial charge in [0.15, 0.2) is 5.75 Å². The van der Waals surface area contributed by atoms with Crippen LogP contribution in [0, 0.1) is 0 Å². The van der Waals surface area contributed by atoms with Crippen LogP contribution >= 0.6 is 11.6 Å². The average Bonchev–Trinajstić information content (AvgIpc) is 2.23. The van der Waals surface area contributed by atoms with Crippen LogP contribution in [0.4, 0.5) is 0 Å². The van der Waals surface area contributed by atoms with Crippen LogP contribution in [0.3, 0.4) is 0 Å². The molecule has 0 radical (unpaired) electrons. The Morgan fingerprint density at radius 2 is 2.33 bits per heavy atom. The third-order valence-electron chi connectivity index (χ3n) is 1.56. The second-order valence-corrected chi connectivity index (χ2v) is 3.46. The van der Waals surface area contributed by atoms with Gasteiger partial charge in [-0.25, -0.2) is 4.79 Å². The number of carbonyl (C=O) groups is 1. The smallest absolute Gasteiger partial charge is 0.343 e. The van der Waals surface area contributed by atoms with Gasteiger partial charge in [0.2, 0.25) is 0 Å². The van der Waals surface area contributed by atoms with E-state index in [4.69, 9.17) is 17.7 Å². The van der Waals surface area contributed by atoms with E-state index in [0.29, 0.717) is 0 Å². The number of rotatable bonds is 3. The van der Waals surface area contributed by atoms with Crippen molar-refractivity contribution in [3.8, 4) is 5.75 Å². The Bertz CT molecular complexity index is 409. The first-order chi connectivity index (χ1) is 7.47. The van der Waals surface area contributed by atoms with Crippen LogP contribution in [0.5, 0.6) is 5.75 Å². The minimum atomic E-state index is -0.593. The van der Waals surface area contributed by atoms with Gasteiger partial charge in [-0.05, 0) is 13.8 Å². The third kappa shape index (κ3) is 2.83. The third-order valence-corrected chi connectivity index (χ3v) is 1.82. The first-order valence-electron chi connectivity index (χ1n) is 4.87. The van der Waals surface area contributed by atoms with E-state index in [9.17, 15) is 4.79 Å². The minimum absolute atomic E-state index is 0.0107. The van der Waals surface area contributed by atoms with Crippen molar-refractivity contribution in [2.75, 3.05) is 7.11 Å². The van der Waals surface area contributed by atoms with Crippen LogP contribution in [0.2, 0.25) is 5.02 Å². The maximum absolute atomic E-state index is 11.4. The van der Waals surface area contributed by atoms with Crippen molar-refractivity contribution >= 4 is 17.6 Å². The second-order valence-electron chi connectivity index (χ2n) is 3.08. The van der Waals surface area contributed by atoms with Crippen LogP contribution in [0.25, 0.3) is 0 Å². The van der Waals surface area contributed by atoms with Gasteiger partial charge in [-0.1, -0.05) is 11.6 Å². The van der Waals surface area contributed by atoms with Gasteiger partial charge in [-0.2, -0.15) is 0 Å². The second kappa shape index (κ2) is 4.98. The van der Waals surface area contributed by atoms with E-state index in [0.717, 1.165) is 0 Å². The lowest BCUT2D eigenvalue weighted by Crippen LogP contribution is -2.11. The maximum atomic E-state index is 11.4. The Hall–Kier alpha value is -1.29. The molecule has 0 aliphatic heterocycles. The lowest BCUT2D eigenvalue weighted by atomic mass is 10.2. The molecule has 1 heterocycles. The van der Waals surface area contributed by atoms with Crippen LogP contribution in [0.1, 0.15) is 25.6 Å². The summed E-state index contributed by atoms with van der Waals surface area (Å²) in [5, 5.41) is 0.0107. The Morgan fingerprint density at radius 1 is 1.67 bits per heavy atom. The highest BCUT2D eigenvalue weighted by Crippen LogP contribution is 2.28. The normalized spacial score (nSPS) is 11.1. The number of hydrogen-bond acceptors (Lipinski definition) is 4. The zero-order valence-electron chi connectivity index (χ0n) is 9.70. The highest BCUT2D eigenvalue weighted by molar-refractivity contribution is 6.32. The molecule has 0 fully saturated rings. The van der Waals surface area contributed by atoms with Crippen molar-refractivity contribution in [2.24, 2.45) is 0 Å². The van der Waals surface area contributed by atoms with E-state index in [1.165, 1.54) is 13.3 Å². The molecule has 0 atom stereocenters. The summed E-state index contributed by atoms with van der Waals surface area (Å²) in [6.07, 6.45) is 0.922. The van der Waals surface area contributed by atoms with Crippen LogP contribution in [-0.4, -0.2) is 24.2 Å². The molecule has 5 heteroatoms. The van der Waals surface area contributed by atoms with Crippen molar-refractivity contribution in [1.29, 1.82) is 0 Å². The molecule has 1 rings (SSSR count). The standard InChI is InChI=1S/C10H12ClNO3/c1-6(2)15-9-7(10(13)14-3)4-12-5-8(9)11/h4-6H,1-3H3/i5D. The zero-order valence-corrected chi connectivity index (χ0v) is 9.46. The molecule has 82 valence electrons. The molecule has 0 saturated carbocycles. The predicted molar refractivity (Wildman–Crippen MR) is 56.4 cm³/mol. The Morgan fingerprint density at radius 3 is 2.87 bits per heavy atom. The van der Waals surface area contributed by atoms with E-state index in [2.05, 4.69) is 9.72 Å². The van der Waals surface area contributed by atoms with Gasteiger partial charge in [0, 0.05) is 12.4 Å². The van der Waals surface area contributed by atoms with Crippen molar-refractivity contribution in [2.45, 2.75) is 20.0 Å². The van der Waals surface area contributed by atoms with Crippen molar-refractivity contribution in [3.05, 3.63) is 23.0 Å². The topological polar surface area (TPSA) is 48.4 Å². The summed E-state index contributed by atoms with van der Waals surface area (Å²) in [5.74, 6) is -0.450. The van der Waals surface area contributed by atoms with Crippen molar-refractivity contribution in [1.82, 2.24) is 4.98 Å². The van der Waals surface area contributed by atoms with Crippen LogP contribution in [0.15, 0.2) is 12.4 Å². The highest BCUT2D eigenvalue weighted by atomic mass is 35.5. The highest BCUT2D eigenvalue weighted by Gasteiger charge is 2.17. The van der Waals surface area contributed by atoms with Gasteiger partial charge in [0.05, 0.1) is 14.6 Å². The number of aromatic nitrogens is 1. The summed E-state index contributed by atoms with van der Waals surface area (Å²) >= 11 is 5.86. The van der Waals surface area contributed by atoms with E-state index in [1.54, 1.807) is 13.8 Å². The molecule has 0 aliphatic rings. The molecule has 0 N–H and O–H groups in total. The van der Waals surface area contributed by atoms with E-state index in [1.807, 2.05) is 0 Å². The average molecular weight is 231 g/mol. The number of esters is 1. The summed E-state index contributed by atoms with van der Waals surface area (Å²) in [7, 11) is 1.25. The molecule has 1 aromatic heterocycles. The summed E-state index contributed by atoms with van der Waals surface area (Å²) in [6, 6.07) is 0. The monoisotopic (exact) mass is 230 g/mol. The fourth-order valence-corrected chi connectivity index (χ4v) is 1.18. The number of hydrogen-bond donors (Lipinski definition) is 0. The maximum Gasteiger partial charge on any atom is 0.343 e. The number of carbonyl (C=O) groups excluding carboxylic acids is 1. The summed E-state index contributed by atoms with van der Waals surface area (Å²) in [6.45, 7) is 3.59. The number of nitrogens with zero attached hydrogens (tertiary/aromatic N) is 1. The van der Waals surface area contributed by atoms with E-state index >= 15 is 0 Å². The lowest BCUT2D eigenvalue weighted by Gasteiger charge is -2.13. The van der Waals surface area contributed by atoms with Gasteiger partial charge in [0.1, 0.15) is 10.6 Å². The Kier molecular flexibility index (Phi) is 3.40. The van der Waals surface area contributed by atoms with Crippen molar-refractivity contribution in [3.63, 3.8) is 0 Å². The molecule has 0 spiro atoms. The van der Waals surface area contributed by atoms with Crippen molar-refractivity contribution < 1.29 is 15.6 Å². The fourth-order valence-electron chi connectivity index (χ4n) is 0.987. The summed E-state index contributed by atoms with van der Waals surface area (Å²) in [5.41, 5.74) is 0.122. The predicted octanol–water partition coefficient (Wildman–Crippen LogP) is 2.31.